The first kappa shape index (κ1) is 14.0. The van der Waals surface area contributed by atoms with E-state index in [1.54, 1.807) is 0 Å². The summed E-state index contributed by atoms with van der Waals surface area (Å²) in [4.78, 5) is 2.33. The number of para-hydroxylation sites is 1. The highest BCUT2D eigenvalue weighted by Gasteiger charge is 2.14. The molecule has 1 aliphatic rings. The third-order valence-corrected chi connectivity index (χ3v) is 4.76. The van der Waals surface area contributed by atoms with Crippen molar-refractivity contribution < 1.29 is 4.57 Å². The van der Waals surface area contributed by atoms with Crippen molar-refractivity contribution in [2.75, 3.05) is 18.5 Å². The van der Waals surface area contributed by atoms with E-state index in [2.05, 4.69) is 90.4 Å². The minimum absolute atomic E-state index is 1.13. The Kier molecular flexibility index (Phi) is 3.38. The van der Waals surface area contributed by atoms with Crippen LogP contribution in [0, 0.1) is 0 Å². The molecule has 0 amide bonds. The van der Waals surface area contributed by atoms with Crippen LogP contribution in [0.2, 0.25) is 0 Å². The van der Waals surface area contributed by atoms with Crippen LogP contribution in [0.4, 0.5) is 5.69 Å². The number of pyridine rings is 1. The summed E-state index contributed by atoms with van der Waals surface area (Å²) in [6, 6.07) is 17.5. The summed E-state index contributed by atoms with van der Waals surface area (Å²) >= 11 is 0. The molecular weight excluding hydrogens is 280 g/mol. The fourth-order valence-corrected chi connectivity index (χ4v) is 3.41. The molecule has 4 rings (SSSR count). The van der Waals surface area contributed by atoms with Gasteiger partial charge in [-0.15, -0.1) is 0 Å². The lowest BCUT2D eigenvalue weighted by Crippen LogP contribution is -2.28. The zero-order chi connectivity index (χ0) is 15.8. The second-order valence-electron chi connectivity index (χ2n) is 6.29. The second-order valence-corrected chi connectivity index (χ2v) is 6.29. The van der Waals surface area contributed by atoms with Gasteiger partial charge in [0, 0.05) is 31.4 Å². The van der Waals surface area contributed by atoms with Crippen molar-refractivity contribution in [1.29, 1.82) is 0 Å². The van der Waals surface area contributed by atoms with Crippen LogP contribution in [0.25, 0.3) is 23.1 Å². The first-order valence-electron chi connectivity index (χ1n) is 8.12. The normalized spacial score (nSPS) is 13.9. The molecule has 0 spiro atoms. The van der Waals surface area contributed by atoms with Gasteiger partial charge in [-0.3, -0.25) is 0 Å². The Morgan fingerprint density at radius 3 is 2.83 bits per heavy atom. The Morgan fingerprint density at radius 2 is 1.91 bits per heavy atom. The molecule has 23 heavy (non-hydrogen) atoms. The van der Waals surface area contributed by atoms with Crippen LogP contribution in [0.5, 0.6) is 0 Å². The van der Waals surface area contributed by atoms with Gasteiger partial charge in [0.1, 0.15) is 7.05 Å². The zero-order valence-corrected chi connectivity index (χ0v) is 13.7. The topological polar surface area (TPSA) is 7.12 Å². The average molecular weight is 301 g/mol. The standard InChI is InChI=1S/C21H21N2/c1-22-14-12-18-15-16(8-10-20(18)22)7-9-17-11-13-23(2)21-6-4-3-5-19(17)21/h3-11,13,15H,12,14H2,1-2H3/q+1. The molecule has 2 nitrogen and oxygen atoms in total. The van der Waals surface area contributed by atoms with Crippen molar-refractivity contribution in [3.63, 3.8) is 0 Å². The fourth-order valence-electron chi connectivity index (χ4n) is 3.41. The number of fused-ring (bicyclic) bond motifs is 2. The Labute approximate surface area is 137 Å². The van der Waals surface area contributed by atoms with E-state index in [-0.39, 0.29) is 0 Å². The lowest BCUT2D eigenvalue weighted by atomic mass is 10.0. The molecule has 0 saturated carbocycles. The van der Waals surface area contributed by atoms with Crippen LogP contribution < -0.4 is 9.47 Å². The molecule has 0 N–H and O–H groups in total. The largest absolute Gasteiger partial charge is 0.374 e. The number of benzene rings is 2. The summed E-state index contributed by atoms with van der Waals surface area (Å²) in [5, 5.41) is 1.29. The van der Waals surface area contributed by atoms with E-state index in [1.807, 2.05) is 0 Å². The van der Waals surface area contributed by atoms with E-state index in [4.69, 9.17) is 0 Å². The summed E-state index contributed by atoms with van der Waals surface area (Å²) in [5.74, 6) is 0. The highest BCUT2D eigenvalue weighted by atomic mass is 15.1. The van der Waals surface area contributed by atoms with E-state index in [0.717, 1.165) is 13.0 Å². The fraction of sp³-hybridized carbons (Fsp3) is 0.190. The number of hydrogen-bond donors (Lipinski definition) is 0. The SMILES string of the molecule is CN1CCc2cc(/C=C/c3cc[n+](C)c4ccccc34)ccc21. The maximum Gasteiger partial charge on any atom is 0.212 e. The lowest BCUT2D eigenvalue weighted by Gasteiger charge is -2.11. The first-order chi connectivity index (χ1) is 11.2. The van der Waals surface area contributed by atoms with E-state index >= 15 is 0 Å². The molecule has 0 radical (unpaired) electrons. The van der Waals surface area contributed by atoms with Gasteiger partial charge in [0.2, 0.25) is 5.52 Å². The maximum absolute atomic E-state index is 2.33. The molecule has 1 aromatic heterocycles. The predicted molar refractivity (Wildman–Crippen MR) is 97.5 cm³/mol. The van der Waals surface area contributed by atoms with Crippen molar-refractivity contribution in [2.24, 2.45) is 7.05 Å². The zero-order valence-electron chi connectivity index (χ0n) is 13.7. The minimum Gasteiger partial charge on any atom is -0.374 e. The van der Waals surface area contributed by atoms with Gasteiger partial charge in [0.25, 0.3) is 0 Å². The Morgan fingerprint density at radius 1 is 1.04 bits per heavy atom. The van der Waals surface area contributed by atoms with E-state index < -0.39 is 0 Å². The van der Waals surface area contributed by atoms with Gasteiger partial charge in [0.05, 0.1) is 5.39 Å². The van der Waals surface area contributed by atoms with Crippen LogP contribution in [-0.2, 0) is 13.5 Å². The average Bonchev–Trinajstić information content (AvgIpc) is 2.95. The molecule has 0 aliphatic carbocycles. The van der Waals surface area contributed by atoms with Crippen molar-refractivity contribution in [1.82, 2.24) is 0 Å². The molecule has 0 atom stereocenters. The molecule has 0 fully saturated rings. The van der Waals surface area contributed by atoms with E-state index in [1.165, 1.54) is 33.3 Å². The van der Waals surface area contributed by atoms with Gasteiger partial charge in [-0.05, 0) is 41.3 Å². The summed E-state index contributed by atoms with van der Waals surface area (Å²) in [7, 11) is 4.25. The van der Waals surface area contributed by atoms with E-state index in [9.17, 15) is 0 Å². The molecule has 0 saturated heterocycles. The number of aromatic nitrogens is 1. The number of hydrogen-bond acceptors (Lipinski definition) is 1. The van der Waals surface area contributed by atoms with Gasteiger partial charge >= 0.3 is 0 Å². The number of aryl methyl sites for hydroxylation is 1. The van der Waals surface area contributed by atoms with Crippen LogP contribution in [0.3, 0.4) is 0 Å². The quantitative estimate of drug-likeness (QED) is 0.653. The van der Waals surface area contributed by atoms with Gasteiger partial charge in [-0.2, -0.15) is 0 Å². The van der Waals surface area contributed by atoms with Crippen LogP contribution in [0.1, 0.15) is 16.7 Å². The monoisotopic (exact) mass is 301 g/mol. The molecule has 3 aromatic rings. The highest BCUT2D eigenvalue weighted by molar-refractivity contribution is 5.88. The number of anilines is 1. The minimum atomic E-state index is 1.13. The van der Waals surface area contributed by atoms with Gasteiger partial charge in [0.15, 0.2) is 6.20 Å². The van der Waals surface area contributed by atoms with Crippen molar-refractivity contribution in [2.45, 2.75) is 6.42 Å². The summed E-state index contributed by atoms with van der Waals surface area (Å²) < 4.78 is 2.16. The Bertz CT molecular complexity index is 909. The summed E-state index contributed by atoms with van der Waals surface area (Å²) in [5.41, 5.74) is 6.62. The van der Waals surface area contributed by atoms with Gasteiger partial charge in [-0.25, -0.2) is 4.57 Å². The molecule has 0 unspecified atom stereocenters. The summed E-state index contributed by atoms with van der Waals surface area (Å²) in [6.07, 6.45) is 7.72. The molecule has 0 bridgehead atoms. The highest BCUT2D eigenvalue weighted by Crippen LogP contribution is 2.28. The lowest BCUT2D eigenvalue weighted by molar-refractivity contribution is -0.644. The second kappa shape index (κ2) is 5.54. The number of rotatable bonds is 2. The van der Waals surface area contributed by atoms with Crippen molar-refractivity contribution >= 4 is 28.7 Å². The Hall–Kier alpha value is -2.61. The molecule has 2 aromatic carbocycles. The van der Waals surface area contributed by atoms with Crippen molar-refractivity contribution in [3.8, 4) is 0 Å². The van der Waals surface area contributed by atoms with E-state index in [0.29, 0.717) is 0 Å². The van der Waals surface area contributed by atoms with Crippen LogP contribution in [-0.4, -0.2) is 13.6 Å². The molecule has 1 aliphatic heterocycles. The number of nitrogens with zero attached hydrogens (tertiary/aromatic N) is 2. The smallest absolute Gasteiger partial charge is 0.212 e. The third-order valence-electron chi connectivity index (χ3n) is 4.76. The Balaban J connectivity index is 1.71. The molecule has 2 heteroatoms. The predicted octanol–water partition coefficient (Wildman–Crippen LogP) is 3.83. The maximum atomic E-state index is 2.33. The van der Waals surface area contributed by atoms with Crippen LogP contribution >= 0.6 is 0 Å². The molecular formula is C21H21N2+. The van der Waals surface area contributed by atoms with Crippen LogP contribution in [0.15, 0.2) is 54.7 Å². The molecule has 2 heterocycles. The first-order valence-corrected chi connectivity index (χ1v) is 8.12. The van der Waals surface area contributed by atoms with Gasteiger partial charge < -0.3 is 4.90 Å². The summed E-state index contributed by atoms with van der Waals surface area (Å²) in [6.45, 7) is 1.13. The molecule has 114 valence electrons. The number of likely N-dealkylation sites (N-methyl/N-ethyl adjacent to an activating group) is 1. The van der Waals surface area contributed by atoms with Gasteiger partial charge in [-0.1, -0.05) is 30.4 Å². The third kappa shape index (κ3) is 2.50. The van der Waals surface area contributed by atoms with Crippen molar-refractivity contribution in [3.05, 3.63) is 71.4 Å².